The summed E-state index contributed by atoms with van der Waals surface area (Å²) >= 11 is 0. The van der Waals surface area contributed by atoms with Crippen molar-refractivity contribution in [3.8, 4) is 5.75 Å². The summed E-state index contributed by atoms with van der Waals surface area (Å²) in [5.41, 5.74) is 0. The number of benzene rings is 1. The Labute approximate surface area is 126 Å². The Hall–Kier alpha value is -1.11. The summed E-state index contributed by atoms with van der Waals surface area (Å²) in [6, 6.07) is 6.68. The molecule has 0 saturated carbocycles. The van der Waals surface area contributed by atoms with Crippen LogP contribution in [0.4, 0.5) is 0 Å². The molecular weight excluding hydrogens is 288 g/mol. The molecule has 21 heavy (non-hydrogen) atoms. The van der Waals surface area contributed by atoms with Crippen molar-refractivity contribution in [1.29, 1.82) is 0 Å². The van der Waals surface area contributed by atoms with E-state index in [1.807, 2.05) is 0 Å². The molecule has 2 fully saturated rings. The molecule has 6 heteroatoms. The smallest absolute Gasteiger partial charge is 0.246 e. The average molecular weight is 310 g/mol. The van der Waals surface area contributed by atoms with Gasteiger partial charge in [-0.1, -0.05) is 12.1 Å². The summed E-state index contributed by atoms with van der Waals surface area (Å²) in [6.07, 6.45) is 3.08. The van der Waals surface area contributed by atoms with Crippen LogP contribution in [0.1, 0.15) is 19.3 Å². The minimum absolute atomic E-state index is 0.0209. The molecule has 116 valence electrons. The van der Waals surface area contributed by atoms with Crippen molar-refractivity contribution in [2.24, 2.45) is 5.92 Å². The van der Waals surface area contributed by atoms with E-state index in [0.29, 0.717) is 25.0 Å². The quantitative estimate of drug-likeness (QED) is 0.899. The molecule has 1 N–H and O–H groups in total. The maximum absolute atomic E-state index is 12.7. The zero-order chi connectivity index (χ0) is 15.0. The lowest BCUT2D eigenvalue weighted by Gasteiger charge is -2.45. The van der Waals surface area contributed by atoms with Gasteiger partial charge in [0.25, 0.3) is 0 Å². The van der Waals surface area contributed by atoms with Crippen LogP contribution in [0.5, 0.6) is 5.75 Å². The van der Waals surface area contributed by atoms with Gasteiger partial charge in [0, 0.05) is 19.1 Å². The topological polar surface area (TPSA) is 60.9 Å². The van der Waals surface area contributed by atoms with E-state index in [0.717, 1.165) is 25.8 Å². The third-order valence-electron chi connectivity index (χ3n) is 4.79. The number of rotatable bonds is 2. The first-order chi connectivity index (χ1) is 10.00. The minimum atomic E-state index is -3.60. The molecule has 2 heterocycles. The maximum Gasteiger partial charge on any atom is 0.246 e. The summed E-state index contributed by atoms with van der Waals surface area (Å²) in [5, 5.41) is 9.84. The Morgan fingerprint density at radius 1 is 1.19 bits per heavy atom. The number of fused-ring (bicyclic) bond motifs is 1. The van der Waals surface area contributed by atoms with Gasteiger partial charge in [0.05, 0.1) is 0 Å². The highest BCUT2D eigenvalue weighted by atomic mass is 32.2. The second-order valence-electron chi connectivity index (χ2n) is 6.07. The number of likely N-dealkylation sites (tertiary alicyclic amines) is 1. The molecule has 0 radical (unpaired) electrons. The fraction of sp³-hybridized carbons (Fsp3) is 0.600. The van der Waals surface area contributed by atoms with E-state index in [2.05, 4.69) is 11.9 Å². The molecule has 1 aromatic carbocycles. The first-order valence-electron chi connectivity index (χ1n) is 7.48. The van der Waals surface area contributed by atoms with Gasteiger partial charge >= 0.3 is 0 Å². The molecule has 0 aliphatic carbocycles. The molecule has 0 amide bonds. The molecule has 2 atom stereocenters. The monoisotopic (exact) mass is 310 g/mol. The molecule has 2 unspecified atom stereocenters. The molecule has 0 bridgehead atoms. The van der Waals surface area contributed by atoms with Crippen molar-refractivity contribution in [2.45, 2.75) is 30.2 Å². The normalized spacial score (nSPS) is 28.2. The predicted octanol–water partition coefficient (Wildman–Crippen LogP) is 1.50. The summed E-state index contributed by atoms with van der Waals surface area (Å²) in [6.45, 7) is 2.20. The number of piperidine rings is 2. The fourth-order valence-electron chi connectivity index (χ4n) is 3.65. The van der Waals surface area contributed by atoms with Crippen molar-refractivity contribution in [3.05, 3.63) is 24.3 Å². The van der Waals surface area contributed by atoms with Crippen LogP contribution in [0.2, 0.25) is 0 Å². The van der Waals surface area contributed by atoms with Crippen LogP contribution in [0, 0.1) is 5.92 Å². The van der Waals surface area contributed by atoms with E-state index < -0.39 is 10.0 Å². The van der Waals surface area contributed by atoms with Crippen molar-refractivity contribution < 1.29 is 13.5 Å². The third-order valence-corrected chi connectivity index (χ3v) is 6.70. The van der Waals surface area contributed by atoms with Crippen molar-refractivity contribution in [3.63, 3.8) is 0 Å². The summed E-state index contributed by atoms with van der Waals surface area (Å²) in [7, 11) is -1.47. The van der Waals surface area contributed by atoms with E-state index in [-0.39, 0.29) is 10.6 Å². The molecule has 2 saturated heterocycles. The first-order valence-corrected chi connectivity index (χ1v) is 8.92. The lowest BCUT2D eigenvalue weighted by atomic mass is 9.85. The molecule has 1 aromatic rings. The maximum atomic E-state index is 12.7. The highest BCUT2D eigenvalue weighted by Crippen LogP contribution is 2.33. The number of nitrogens with zero attached hydrogens (tertiary/aromatic N) is 2. The van der Waals surface area contributed by atoms with Gasteiger partial charge in [-0.3, -0.25) is 0 Å². The first kappa shape index (κ1) is 14.8. The van der Waals surface area contributed by atoms with Crippen molar-refractivity contribution in [1.82, 2.24) is 9.21 Å². The van der Waals surface area contributed by atoms with E-state index in [9.17, 15) is 13.5 Å². The Bertz CT molecular complexity index is 617. The van der Waals surface area contributed by atoms with E-state index in [1.54, 1.807) is 16.4 Å². The predicted molar refractivity (Wildman–Crippen MR) is 80.6 cm³/mol. The zero-order valence-corrected chi connectivity index (χ0v) is 13.1. The number of phenolic OH excluding ortho intramolecular Hbond substituents is 1. The molecule has 2 aliphatic heterocycles. The number of hydrogen-bond acceptors (Lipinski definition) is 4. The number of aromatic hydroxyl groups is 1. The molecular formula is C15H22N2O3S. The summed E-state index contributed by atoms with van der Waals surface area (Å²) < 4.78 is 27.0. The van der Waals surface area contributed by atoms with E-state index in [4.69, 9.17) is 0 Å². The number of phenols is 1. The highest BCUT2D eigenvalue weighted by Gasteiger charge is 2.39. The fourth-order valence-corrected chi connectivity index (χ4v) is 5.25. The molecule has 2 aliphatic rings. The van der Waals surface area contributed by atoms with Gasteiger partial charge in [0.15, 0.2) is 0 Å². The van der Waals surface area contributed by atoms with Crippen LogP contribution in [-0.2, 0) is 10.0 Å². The van der Waals surface area contributed by atoms with Gasteiger partial charge in [0.2, 0.25) is 10.0 Å². The van der Waals surface area contributed by atoms with Gasteiger partial charge in [-0.15, -0.1) is 0 Å². The third kappa shape index (κ3) is 2.67. The van der Waals surface area contributed by atoms with Gasteiger partial charge < -0.3 is 10.0 Å². The Balaban J connectivity index is 1.83. The van der Waals surface area contributed by atoms with E-state index >= 15 is 0 Å². The van der Waals surface area contributed by atoms with Crippen molar-refractivity contribution >= 4 is 10.0 Å². The minimum Gasteiger partial charge on any atom is -0.507 e. The Morgan fingerprint density at radius 3 is 2.71 bits per heavy atom. The Kier molecular flexibility index (Phi) is 3.94. The lowest BCUT2D eigenvalue weighted by Crippen LogP contribution is -2.53. The number of para-hydroxylation sites is 1. The van der Waals surface area contributed by atoms with Crippen LogP contribution >= 0.6 is 0 Å². The summed E-state index contributed by atoms with van der Waals surface area (Å²) in [5.74, 6) is 0.235. The van der Waals surface area contributed by atoms with Crippen LogP contribution in [0.15, 0.2) is 29.2 Å². The molecule has 0 aromatic heterocycles. The zero-order valence-electron chi connectivity index (χ0n) is 12.3. The molecule has 5 nitrogen and oxygen atoms in total. The second-order valence-corrected chi connectivity index (χ2v) is 7.98. The Morgan fingerprint density at radius 2 is 1.95 bits per heavy atom. The second kappa shape index (κ2) is 5.59. The van der Waals surface area contributed by atoms with Crippen LogP contribution in [-0.4, -0.2) is 55.5 Å². The van der Waals surface area contributed by atoms with Gasteiger partial charge in [0.1, 0.15) is 10.6 Å². The van der Waals surface area contributed by atoms with Gasteiger partial charge in [-0.25, -0.2) is 8.42 Å². The van der Waals surface area contributed by atoms with Crippen molar-refractivity contribution in [2.75, 3.05) is 26.7 Å². The molecule has 0 spiro atoms. The largest absolute Gasteiger partial charge is 0.507 e. The summed E-state index contributed by atoms with van der Waals surface area (Å²) in [4.78, 5) is 2.38. The van der Waals surface area contributed by atoms with Gasteiger partial charge in [-0.05, 0) is 50.9 Å². The van der Waals surface area contributed by atoms with E-state index in [1.165, 1.54) is 12.1 Å². The van der Waals surface area contributed by atoms with Crippen LogP contribution in [0.3, 0.4) is 0 Å². The number of hydrogen-bond donors (Lipinski definition) is 1. The SMILES string of the molecule is CN1CCCC2CN(S(=O)(=O)c3ccccc3O)CCC21. The lowest BCUT2D eigenvalue weighted by molar-refractivity contribution is 0.0671. The highest BCUT2D eigenvalue weighted by molar-refractivity contribution is 7.89. The average Bonchev–Trinajstić information content (AvgIpc) is 2.47. The van der Waals surface area contributed by atoms with Gasteiger partial charge in [-0.2, -0.15) is 4.31 Å². The standard InChI is InChI=1S/C15H22N2O3S/c1-16-9-4-5-12-11-17(10-8-13(12)16)21(19,20)15-7-3-2-6-14(15)18/h2-3,6-7,12-13,18H,4-5,8-11H2,1H3. The van der Waals surface area contributed by atoms with Crippen LogP contribution in [0.25, 0.3) is 0 Å². The molecule has 3 rings (SSSR count). The van der Waals surface area contributed by atoms with Crippen LogP contribution < -0.4 is 0 Å². The number of sulfonamides is 1.